The van der Waals surface area contributed by atoms with Gasteiger partial charge >= 0.3 is 0 Å². The molecule has 0 unspecified atom stereocenters. The second kappa shape index (κ2) is 9.06. The summed E-state index contributed by atoms with van der Waals surface area (Å²) in [5, 5.41) is 6.75. The minimum Gasteiger partial charge on any atom is -0.380 e. The first-order valence-corrected chi connectivity index (χ1v) is 9.15. The van der Waals surface area contributed by atoms with Crippen LogP contribution in [-0.2, 0) is 17.8 Å². The average molecular weight is 394 g/mol. The van der Waals surface area contributed by atoms with Gasteiger partial charge in [0.15, 0.2) is 0 Å². The van der Waals surface area contributed by atoms with E-state index in [1.165, 1.54) is 0 Å². The lowest BCUT2D eigenvalue weighted by Crippen LogP contribution is -2.15. The summed E-state index contributed by atoms with van der Waals surface area (Å²) in [4.78, 5) is 23.8. The van der Waals surface area contributed by atoms with E-state index in [1.54, 1.807) is 30.3 Å². The molecular weight excluding hydrogens is 374 g/mol. The first kappa shape index (κ1) is 19.5. The number of carbonyl (C=O) groups is 2. The van der Waals surface area contributed by atoms with Crippen LogP contribution in [-0.4, -0.2) is 11.8 Å². The van der Waals surface area contributed by atoms with Crippen LogP contribution in [0.25, 0.3) is 0 Å². The summed E-state index contributed by atoms with van der Waals surface area (Å²) in [6.07, 6.45) is 0.269. The molecule has 0 aromatic heterocycles. The van der Waals surface area contributed by atoms with E-state index in [9.17, 15) is 9.59 Å². The molecule has 3 rings (SSSR count). The lowest BCUT2D eigenvalue weighted by atomic mass is 10.1. The maximum absolute atomic E-state index is 12.3. The Morgan fingerprint density at radius 2 is 1.64 bits per heavy atom. The Labute approximate surface area is 168 Å². The van der Waals surface area contributed by atoms with E-state index in [2.05, 4.69) is 10.6 Å². The number of nitrogens with one attached hydrogen (secondary N) is 2. The van der Waals surface area contributed by atoms with Crippen molar-refractivity contribution in [1.82, 2.24) is 0 Å². The zero-order valence-corrected chi connectivity index (χ0v) is 15.9. The van der Waals surface area contributed by atoms with E-state index in [0.717, 1.165) is 11.1 Å². The monoisotopic (exact) mass is 393 g/mol. The molecule has 0 saturated heterocycles. The van der Waals surface area contributed by atoms with Gasteiger partial charge in [-0.1, -0.05) is 48.0 Å². The summed E-state index contributed by atoms with van der Waals surface area (Å²) >= 11 is 5.86. The number of benzene rings is 3. The van der Waals surface area contributed by atoms with Gasteiger partial charge in [-0.15, -0.1) is 0 Å². The van der Waals surface area contributed by atoms with Crippen molar-refractivity contribution >= 4 is 34.8 Å². The van der Waals surface area contributed by atoms with Gasteiger partial charge in [0, 0.05) is 22.9 Å². The highest BCUT2D eigenvalue weighted by Gasteiger charge is 2.08. The van der Waals surface area contributed by atoms with Gasteiger partial charge in [-0.25, -0.2) is 0 Å². The predicted octanol–water partition coefficient (Wildman–Crippen LogP) is 4.23. The Kier molecular flexibility index (Phi) is 6.29. The van der Waals surface area contributed by atoms with E-state index >= 15 is 0 Å². The maximum Gasteiger partial charge on any atom is 0.250 e. The highest BCUT2D eigenvalue weighted by atomic mass is 35.5. The summed E-state index contributed by atoms with van der Waals surface area (Å²) in [5.41, 5.74) is 9.08. The largest absolute Gasteiger partial charge is 0.380 e. The minimum absolute atomic E-state index is 0.105. The van der Waals surface area contributed by atoms with Gasteiger partial charge in [-0.3, -0.25) is 9.59 Å². The van der Waals surface area contributed by atoms with Crippen LogP contribution in [0, 0.1) is 0 Å². The number of halogens is 1. The zero-order valence-electron chi connectivity index (χ0n) is 15.1. The molecule has 0 atom stereocenters. The Balaban J connectivity index is 1.62. The van der Waals surface area contributed by atoms with Crippen molar-refractivity contribution in [3.05, 3.63) is 94.5 Å². The molecule has 3 aromatic rings. The van der Waals surface area contributed by atoms with Crippen molar-refractivity contribution in [1.29, 1.82) is 0 Å². The number of primary amides is 1. The van der Waals surface area contributed by atoms with Gasteiger partial charge in [-0.05, 0) is 47.5 Å². The number of amides is 2. The van der Waals surface area contributed by atoms with Crippen molar-refractivity contribution in [3.63, 3.8) is 0 Å². The van der Waals surface area contributed by atoms with Crippen LogP contribution in [0.5, 0.6) is 0 Å². The molecule has 0 aliphatic rings. The van der Waals surface area contributed by atoms with E-state index in [-0.39, 0.29) is 12.3 Å². The highest BCUT2D eigenvalue weighted by molar-refractivity contribution is 6.30. The smallest absolute Gasteiger partial charge is 0.250 e. The fourth-order valence-corrected chi connectivity index (χ4v) is 2.93. The number of anilines is 2. The molecule has 0 radical (unpaired) electrons. The topological polar surface area (TPSA) is 84.2 Å². The third-order valence-electron chi connectivity index (χ3n) is 4.16. The molecule has 0 fully saturated rings. The first-order valence-electron chi connectivity index (χ1n) is 8.77. The van der Waals surface area contributed by atoms with Crippen LogP contribution in [0.2, 0.25) is 5.02 Å². The Hall–Kier alpha value is -3.31. The number of rotatable bonds is 7. The van der Waals surface area contributed by atoms with Crippen LogP contribution >= 0.6 is 11.6 Å². The van der Waals surface area contributed by atoms with Crippen molar-refractivity contribution in [2.24, 2.45) is 5.73 Å². The van der Waals surface area contributed by atoms with E-state index < -0.39 is 5.91 Å². The Morgan fingerprint density at radius 3 is 2.39 bits per heavy atom. The maximum atomic E-state index is 12.3. The predicted molar refractivity (Wildman–Crippen MR) is 113 cm³/mol. The first-order chi connectivity index (χ1) is 13.5. The molecule has 0 heterocycles. The molecule has 0 saturated carbocycles. The zero-order chi connectivity index (χ0) is 19.9. The fourth-order valence-electron chi connectivity index (χ4n) is 2.80. The summed E-state index contributed by atoms with van der Waals surface area (Å²) in [5.74, 6) is -0.585. The summed E-state index contributed by atoms with van der Waals surface area (Å²) < 4.78 is 0. The highest BCUT2D eigenvalue weighted by Crippen LogP contribution is 2.17. The molecule has 142 valence electrons. The van der Waals surface area contributed by atoms with E-state index in [0.29, 0.717) is 28.5 Å². The molecular formula is C22H20ClN3O2. The molecule has 4 N–H and O–H groups in total. The van der Waals surface area contributed by atoms with Crippen molar-refractivity contribution in [2.75, 3.05) is 10.6 Å². The summed E-state index contributed by atoms with van der Waals surface area (Å²) in [7, 11) is 0. The van der Waals surface area contributed by atoms with Gasteiger partial charge in [0.05, 0.1) is 12.0 Å². The minimum atomic E-state index is -0.480. The second-order valence-electron chi connectivity index (χ2n) is 6.32. The van der Waals surface area contributed by atoms with E-state index in [1.807, 2.05) is 42.5 Å². The van der Waals surface area contributed by atoms with Crippen LogP contribution in [0.15, 0.2) is 72.8 Å². The number of hydrogen-bond acceptors (Lipinski definition) is 3. The van der Waals surface area contributed by atoms with Gasteiger partial charge in [0.25, 0.3) is 5.91 Å². The van der Waals surface area contributed by atoms with Crippen molar-refractivity contribution in [2.45, 2.75) is 13.0 Å². The molecule has 3 aromatic carbocycles. The van der Waals surface area contributed by atoms with Gasteiger partial charge < -0.3 is 16.4 Å². The molecule has 0 spiro atoms. The molecule has 0 aliphatic heterocycles. The van der Waals surface area contributed by atoms with Gasteiger partial charge in [0.1, 0.15) is 0 Å². The van der Waals surface area contributed by atoms with Crippen molar-refractivity contribution < 1.29 is 9.59 Å². The van der Waals surface area contributed by atoms with Crippen LogP contribution < -0.4 is 16.4 Å². The Bertz CT molecular complexity index is 987. The second-order valence-corrected chi connectivity index (χ2v) is 6.75. The molecule has 5 nitrogen and oxygen atoms in total. The molecule has 0 aliphatic carbocycles. The lowest BCUT2D eigenvalue weighted by Gasteiger charge is -2.11. The van der Waals surface area contributed by atoms with E-state index in [4.69, 9.17) is 17.3 Å². The number of para-hydroxylation sites is 1. The molecule has 28 heavy (non-hydrogen) atoms. The quantitative estimate of drug-likeness (QED) is 0.561. The standard InChI is InChI=1S/C22H20ClN3O2/c23-17-10-8-15(9-11-17)13-21(27)26-18-5-3-4-16(12-18)14-25-20-7-2-1-6-19(20)22(24)28/h1-12,25H,13-14H2,(H2,24,28)(H,26,27). The number of carbonyl (C=O) groups excluding carboxylic acids is 2. The van der Waals surface area contributed by atoms with Crippen LogP contribution in [0.4, 0.5) is 11.4 Å². The summed E-state index contributed by atoms with van der Waals surface area (Å²) in [6.45, 7) is 0.491. The summed E-state index contributed by atoms with van der Waals surface area (Å²) in [6, 6.07) is 21.8. The van der Waals surface area contributed by atoms with Crippen LogP contribution in [0.3, 0.4) is 0 Å². The molecule has 6 heteroatoms. The van der Waals surface area contributed by atoms with Gasteiger partial charge in [-0.2, -0.15) is 0 Å². The lowest BCUT2D eigenvalue weighted by molar-refractivity contribution is -0.115. The molecule has 0 bridgehead atoms. The Morgan fingerprint density at radius 1 is 0.893 bits per heavy atom. The number of hydrogen-bond donors (Lipinski definition) is 3. The SMILES string of the molecule is NC(=O)c1ccccc1NCc1cccc(NC(=O)Cc2ccc(Cl)cc2)c1. The fraction of sp³-hybridized carbons (Fsp3) is 0.0909. The third kappa shape index (κ3) is 5.34. The van der Waals surface area contributed by atoms with Crippen LogP contribution in [0.1, 0.15) is 21.5 Å². The number of nitrogens with two attached hydrogens (primary N) is 1. The van der Waals surface area contributed by atoms with Gasteiger partial charge in [0.2, 0.25) is 5.91 Å². The third-order valence-corrected chi connectivity index (χ3v) is 4.42. The molecule has 2 amide bonds. The van der Waals surface area contributed by atoms with Crippen molar-refractivity contribution in [3.8, 4) is 0 Å². The normalized spacial score (nSPS) is 10.3. The average Bonchev–Trinajstić information content (AvgIpc) is 2.68.